The molecule has 0 bridgehead atoms. The van der Waals surface area contributed by atoms with Crippen LogP contribution in [0.3, 0.4) is 0 Å². The van der Waals surface area contributed by atoms with E-state index in [2.05, 4.69) is 4.98 Å². The molecule has 0 unspecified atom stereocenters. The van der Waals surface area contributed by atoms with Crippen LogP contribution in [0.25, 0.3) is 22.4 Å². The molecule has 0 saturated carbocycles. The van der Waals surface area contributed by atoms with E-state index in [1.165, 1.54) is 0 Å². The normalized spacial score (nSPS) is 16.4. The van der Waals surface area contributed by atoms with Crippen LogP contribution >= 0.6 is 0 Å². The fourth-order valence-corrected chi connectivity index (χ4v) is 5.41. The number of cyclic esters (lactones) is 1. The van der Waals surface area contributed by atoms with E-state index >= 15 is 0 Å². The van der Waals surface area contributed by atoms with Gasteiger partial charge >= 0.3 is 6.09 Å². The topological polar surface area (TPSA) is 115 Å². The maximum absolute atomic E-state index is 13.7. The molecular weight excluding hydrogens is 548 g/mol. The Labute approximate surface area is 248 Å². The quantitative estimate of drug-likeness (QED) is 0.213. The summed E-state index contributed by atoms with van der Waals surface area (Å²) in [5.74, 6) is 1.30. The number of ether oxygens (including phenoxy) is 2. The van der Waals surface area contributed by atoms with Crippen LogP contribution in [0.5, 0.6) is 0 Å². The van der Waals surface area contributed by atoms with Gasteiger partial charge in [0.25, 0.3) is 5.91 Å². The summed E-state index contributed by atoms with van der Waals surface area (Å²) in [7, 11) is 0. The van der Waals surface area contributed by atoms with E-state index in [0.717, 1.165) is 27.1 Å². The summed E-state index contributed by atoms with van der Waals surface area (Å²) in [6.45, 7) is 3.85. The first-order chi connectivity index (χ1) is 20.9. The summed E-state index contributed by atoms with van der Waals surface area (Å²) in [4.78, 5) is 32.1. The van der Waals surface area contributed by atoms with Gasteiger partial charge in [-0.2, -0.15) is 0 Å². The van der Waals surface area contributed by atoms with Crippen molar-refractivity contribution in [1.82, 2.24) is 9.88 Å². The lowest BCUT2D eigenvalue weighted by Crippen LogP contribution is -2.48. The number of furan rings is 1. The Morgan fingerprint density at radius 2 is 1.79 bits per heavy atom. The number of nitrogens with zero attached hydrogens (tertiary/aromatic N) is 2. The molecule has 0 radical (unpaired) electrons. The molecule has 43 heavy (non-hydrogen) atoms. The predicted molar refractivity (Wildman–Crippen MR) is 158 cm³/mol. The lowest BCUT2D eigenvalue weighted by Gasteiger charge is -2.28. The van der Waals surface area contributed by atoms with Crippen LogP contribution in [0, 0.1) is 6.92 Å². The fourth-order valence-electron chi connectivity index (χ4n) is 5.41. The van der Waals surface area contributed by atoms with Gasteiger partial charge in [-0.15, -0.1) is 0 Å². The lowest BCUT2D eigenvalue weighted by atomic mass is 10.00. The van der Waals surface area contributed by atoms with E-state index in [0.29, 0.717) is 41.4 Å². The summed E-state index contributed by atoms with van der Waals surface area (Å²) in [5.41, 5.74) is 3.72. The molecule has 0 spiro atoms. The molecule has 2 amide bonds. The zero-order chi connectivity index (χ0) is 29.9. The molecule has 1 N–H and O–H groups in total. The first kappa shape index (κ1) is 28.4. The summed E-state index contributed by atoms with van der Waals surface area (Å²) in [6.07, 6.45) is -2.50. The molecular formula is C34H32N2O7. The maximum atomic E-state index is 13.7. The molecule has 1 aliphatic heterocycles. The molecule has 9 nitrogen and oxygen atoms in total. The number of fused-ring (bicyclic) bond motifs is 1. The van der Waals surface area contributed by atoms with Gasteiger partial charge in [0, 0.05) is 17.6 Å². The zero-order valence-corrected chi connectivity index (χ0v) is 23.9. The fraction of sp³-hybridized carbons (Fsp3) is 0.265. The smallest absolute Gasteiger partial charge is 0.417 e. The van der Waals surface area contributed by atoms with Crippen LogP contribution in [0.4, 0.5) is 4.79 Å². The molecule has 6 rings (SSSR count). The number of carbonyl (C=O) groups excluding carboxylic acids is 2. The first-order valence-electron chi connectivity index (χ1n) is 14.3. The van der Waals surface area contributed by atoms with Crippen LogP contribution in [0.1, 0.15) is 41.4 Å². The number of aliphatic hydroxyl groups excluding tert-OH is 1. The summed E-state index contributed by atoms with van der Waals surface area (Å²) in [5, 5.41) is 12.1. The minimum absolute atomic E-state index is 0.0794. The molecule has 1 fully saturated rings. The average molecular weight is 581 g/mol. The predicted octanol–water partition coefficient (Wildman–Crippen LogP) is 6.02. The third-order valence-corrected chi connectivity index (χ3v) is 7.58. The average Bonchev–Trinajstić information content (AvgIpc) is 3.72. The van der Waals surface area contributed by atoms with Crippen LogP contribution in [0.15, 0.2) is 93.8 Å². The Morgan fingerprint density at radius 3 is 2.53 bits per heavy atom. The van der Waals surface area contributed by atoms with Crippen molar-refractivity contribution in [2.45, 2.75) is 44.9 Å². The molecule has 220 valence electrons. The number of imide groups is 1. The number of carbonyl (C=O) groups is 2. The van der Waals surface area contributed by atoms with E-state index in [1.54, 1.807) is 25.1 Å². The van der Waals surface area contributed by atoms with Crippen molar-refractivity contribution in [2.75, 3.05) is 13.2 Å². The summed E-state index contributed by atoms with van der Waals surface area (Å²) in [6, 6.07) is 25.9. The van der Waals surface area contributed by atoms with Crippen LogP contribution in [-0.4, -0.2) is 52.4 Å². The highest BCUT2D eigenvalue weighted by atomic mass is 16.6. The van der Waals surface area contributed by atoms with Gasteiger partial charge in [0.15, 0.2) is 6.10 Å². The van der Waals surface area contributed by atoms with Crippen LogP contribution < -0.4 is 0 Å². The number of oxazole rings is 1. The second-order valence-corrected chi connectivity index (χ2v) is 10.5. The highest BCUT2D eigenvalue weighted by molar-refractivity contribution is 5.96. The molecule has 3 aromatic carbocycles. The minimum atomic E-state index is -1.33. The second-order valence-electron chi connectivity index (χ2n) is 10.5. The molecule has 2 aromatic heterocycles. The SMILES string of the molecule is CCO[C@H](C(=O)N1C(=O)OC[C@@H]1Cc1ccccc1)[C@H](O)c1ccc2oc(Cc3nc(-c4ccccc4)oc3C)cc2c1. The minimum Gasteiger partial charge on any atom is -0.461 e. The molecule has 3 heterocycles. The van der Waals surface area contributed by atoms with Crippen LogP contribution in [0.2, 0.25) is 0 Å². The van der Waals surface area contributed by atoms with Gasteiger partial charge in [-0.1, -0.05) is 54.6 Å². The summed E-state index contributed by atoms with van der Waals surface area (Å²) >= 11 is 0. The van der Waals surface area contributed by atoms with Crippen LogP contribution in [-0.2, 0) is 27.1 Å². The van der Waals surface area contributed by atoms with E-state index < -0.39 is 30.3 Å². The Bertz CT molecular complexity index is 1730. The van der Waals surface area contributed by atoms with Gasteiger partial charge in [0.05, 0.1) is 18.2 Å². The van der Waals surface area contributed by atoms with Crippen molar-refractivity contribution < 1.29 is 33.0 Å². The van der Waals surface area contributed by atoms with Gasteiger partial charge < -0.3 is 23.4 Å². The number of amides is 2. The third-order valence-electron chi connectivity index (χ3n) is 7.58. The van der Waals surface area contributed by atoms with Crippen molar-refractivity contribution in [3.63, 3.8) is 0 Å². The highest BCUT2D eigenvalue weighted by Crippen LogP contribution is 2.30. The van der Waals surface area contributed by atoms with E-state index in [-0.39, 0.29) is 13.2 Å². The number of hydrogen-bond acceptors (Lipinski definition) is 8. The Morgan fingerprint density at radius 1 is 1.05 bits per heavy atom. The largest absolute Gasteiger partial charge is 0.461 e. The Balaban J connectivity index is 1.21. The van der Waals surface area contributed by atoms with Crippen molar-refractivity contribution in [3.8, 4) is 11.5 Å². The highest BCUT2D eigenvalue weighted by Gasteiger charge is 2.43. The monoisotopic (exact) mass is 580 g/mol. The van der Waals surface area contributed by atoms with E-state index in [4.69, 9.17) is 18.3 Å². The Kier molecular flexibility index (Phi) is 8.09. The number of aliphatic hydroxyl groups is 1. The van der Waals surface area contributed by atoms with E-state index in [1.807, 2.05) is 73.7 Å². The Hall–Kier alpha value is -4.73. The number of rotatable bonds is 10. The van der Waals surface area contributed by atoms with Gasteiger partial charge in [-0.05, 0) is 61.7 Å². The number of benzene rings is 3. The molecule has 5 aromatic rings. The van der Waals surface area contributed by atoms with Crippen molar-refractivity contribution in [1.29, 1.82) is 0 Å². The second kappa shape index (κ2) is 12.2. The standard InChI is InChI=1S/C34H32N2O7/c1-3-40-31(33(38)36-26(20-41-34(36)39)16-22-10-6-4-7-11-22)30(37)24-14-15-29-25(17-24)18-27(43-29)19-28-21(2)42-32(35-28)23-12-8-5-9-13-23/h4-15,17-18,26,30-31,37H,3,16,19-20H2,1-2H3/t26-,30+,31-/m0/s1. The van der Waals surface area contributed by atoms with Crippen molar-refractivity contribution >= 4 is 23.0 Å². The molecule has 3 atom stereocenters. The van der Waals surface area contributed by atoms with Gasteiger partial charge in [-0.25, -0.2) is 14.7 Å². The van der Waals surface area contributed by atoms with Crippen molar-refractivity contribution in [3.05, 3.63) is 113 Å². The number of aromatic nitrogens is 1. The van der Waals surface area contributed by atoms with E-state index in [9.17, 15) is 14.7 Å². The first-order valence-corrected chi connectivity index (χ1v) is 14.3. The van der Waals surface area contributed by atoms with Crippen molar-refractivity contribution in [2.24, 2.45) is 0 Å². The molecule has 0 aliphatic carbocycles. The molecule has 1 aliphatic rings. The van der Waals surface area contributed by atoms with Gasteiger partial charge in [0.1, 0.15) is 29.8 Å². The van der Waals surface area contributed by atoms with Gasteiger partial charge in [-0.3, -0.25) is 4.79 Å². The number of hydrogen-bond donors (Lipinski definition) is 1. The summed E-state index contributed by atoms with van der Waals surface area (Å²) < 4.78 is 22.9. The third kappa shape index (κ3) is 5.95. The van der Waals surface area contributed by atoms with Gasteiger partial charge in [0.2, 0.25) is 5.89 Å². The lowest BCUT2D eigenvalue weighted by molar-refractivity contribution is -0.149. The molecule has 1 saturated heterocycles. The molecule has 9 heteroatoms. The maximum Gasteiger partial charge on any atom is 0.417 e. The zero-order valence-electron chi connectivity index (χ0n) is 23.9. The number of aryl methyl sites for hydroxylation is 1.